The zero-order valence-electron chi connectivity index (χ0n) is 23.6. The lowest BCUT2D eigenvalue weighted by Crippen LogP contribution is -2.03. The Morgan fingerprint density at radius 1 is 0.409 bits per heavy atom. The number of rotatable bonds is 4. The van der Waals surface area contributed by atoms with Crippen LogP contribution in [0.4, 0.5) is 0 Å². The summed E-state index contributed by atoms with van der Waals surface area (Å²) in [6.07, 6.45) is 0. The molecule has 0 saturated heterocycles. The summed E-state index contributed by atoms with van der Waals surface area (Å²) in [5, 5.41) is 4.51. The average molecular weight is 565 g/mol. The van der Waals surface area contributed by atoms with Crippen molar-refractivity contribution in [3.63, 3.8) is 0 Å². The summed E-state index contributed by atoms with van der Waals surface area (Å²) in [4.78, 5) is 15.3. The summed E-state index contributed by atoms with van der Waals surface area (Å²) in [5.41, 5.74) is 7.53. The van der Waals surface area contributed by atoms with Crippen molar-refractivity contribution in [3.8, 4) is 39.9 Å². The van der Waals surface area contributed by atoms with Crippen LogP contribution in [0, 0.1) is 0 Å². The van der Waals surface area contributed by atoms with Gasteiger partial charge in [-0.05, 0) is 36.4 Å². The van der Waals surface area contributed by atoms with E-state index in [9.17, 15) is 0 Å². The fourth-order valence-corrected chi connectivity index (χ4v) is 6.30. The predicted molar refractivity (Wildman–Crippen MR) is 178 cm³/mol. The van der Waals surface area contributed by atoms with Gasteiger partial charge in [0.25, 0.3) is 0 Å². The fraction of sp³-hybridized carbons (Fsp3) is 0. The molecule has 0 saturated carbocycles. The van der Waals surface area contributed by atoms with E-state index in [-0.39, 0.29) is 0 Å². The molecular weight excluding hydrogens is 540 g/mol. The van der Waals surface area contributed by atoms with Gasteiger partial charge in [0, 0.05) is 32.7 Å². The Morgan fingerprint density at radius 2 is 0.955 bits per heavy atom. The smallest absolute Gasteiger partial charge is 0.167 e. The molecule has 0 aliphatic heterocycles. The molecule has 0 bridgehead atoms. The van der Waals surface area contributed by atoms with Gasteiger partial charge in [-0.3, -0.25) is 0 Å². The van der Waals surface area contributed by atoms with Crippen molar-refractivity contribution in [3.05, 3.63) is 146 Å². The van der Waals surface area contributed by atoms with Gasteiger partial charge in [0.2, 0.25) is 0 Å². The Kier molecular flexibility index (Phi) is 5.43. The van der Waals surface area contributed by atoms with Crippen LogP contribution in [0.1, 0.15) is 0 Å². The van der Waals surface area contributed by atoms with E-state index >= 15 is 0 Å². The molecule has 0 amide bonds. The topological polar surface area (TPSA) is 56.7 Å². The maximum Gasteiger partial charge on any atom is 0.167 e. The molecule has 0 atom stereocenters. The van der Waals surface area contributed by atoms with E-state index in [4.69, 9.17) is 19.4 Å². The third kappa shape index (κ3) is 3.76. The van der Waals surface area contributed by atoms with Gasteiger partial charge in [-0.15, -0.1) is 0 Å². The van der Waals surface area contributed by atoms with Crippen LogP contribution in [-0.2, 0) is 0 Å². The molecule has 5 heteroatoms. The van der Waals surface area contributed by atoms with Crippen LogP contribution in [0.5, 0.6) is 0 Å². The molecule has 206 valence electrons. The van der Waals surface area contributed by atoms with E-state index in [1.807, 2.05) is 66.7 Å². The zero-order chi connectivity index (χ0) is 29.0. The second-order valence-electron chi connectivity index (χ2n) is 10.8. The fourth-order valence-electron chi connectivity index (χ4n) is 6.30. The van der Waals surface area contributed by atoms with E-state index < -0.39 is 0 Å². The van der Waals surface area contributed by atoms with E-state index in [2.05, 4.69) is 83.4 Å². The molecule has 44 heavy (non-hydrogen) atoms. The van der Waals surface area contributed by atoms with E-state index in [0.29, 0.717) is 17.5 Å². The maximum atomic E-state index is 6.40. The second kappa shape index (κ2) is 9.75. The van der Waals surface area contributed by atoms with Crippen LogP contribution < -0.4 is 0 Å². The average Bonchev–Trinajstić information content (AvgIpc) is 3.64. The van der Waals surface area contributed by atoms with E-state index in [0.717, 1.165) is 55.3 Å². The minimum atomic E-state index is 0.565. The first-order chi connectivity index (χ1) is 21.8. The highest BCUT2D eigenvalue weighted by molar-refractivity contribution is 6.10. The SMILES string of the molecule is c1ccc(-c2nc(-c3ccccc3-n3c4ccccc4c4ccccc43)nc(-c3cccc4c3oc3ccccc34)n2)cc1. The largest absolute Gasteiger partial charge is 0.455 e. The molecule has 0 aliphatic rings. The van der Waals surface area contributed by atoms with Crippen LogP contribution >= 0.6 is 0 Å². The highest BCUT2D eigenvalue weighted by Crippen LogP contribution is 2.38. The second-order valence-corrected chi connectivity index (χ2v) is 10.8. The first kappa shape index (κ1) is 24.5. The lowest BCUT2D eigenvalue weighted by Gasteiger charge is -2.14. The first-order valence-electron chi connectivity index (χ1n) is 14.6. The molecule has 5 nitrogen and oxygen atoms in total. The van der Waals surface area contributed by atoms with Crippen molar-refractivity contribution in [2.24, 2.45) is 0 Å². The van der Waals surface area contributed by atoms with Crippen LogP contribution in [0.15, 0.2) is 150 Å². The number of furan rings is 1. The van der Waals surface area contributed by atoms with Crippen molar-refractivity contribution in [2.75, 3.05) is 0 Å². The quantitative estimate of drug-likeness (QED) is 0.213. The molecule has 6 aromatic carbocycles. The lowest BCUT2D eigenvalue weighted by atomic mass is 10.1. The van der Waals surface area contributed by atoms with E-state index in [1.54, 1.807) is 0 Å². The van der Waals surface area contributed by atoms with Crippen molar-refractivity contribution in [1.29, 1.82) is 0 Å². The summed E-state index contributed by atoms with van der Waals surface area (Å²) < 4.78 is 8.71. The summed E-state index contributed by atoms with van der Waals surface area (Å²) in [5.74, 6) is 1.77. The van der Waals surface area contributed by atoms with Crippen LogP contribution in [0.3, 0.4) is 0 Å². The summed E-state index contributed by atoms with van der Waals surface area (Å²) in [6.45, 7) is 0. The summed E-state index contributed by atoms with van der Waals surface area (Å²) >= 11 is 0. The van der Waals surface area contributed by atoms with Gasteiger partial charge in [-0.2, -0.15) is 0 Å². The van der Waals surface area contributed by atoms with Crippen LogP contribution in [0.2, 0.25) is 0 Å². The van der Waals surface area contributed by atoms with Gasteiger partial charge in [-0.25, -0.2) is 15.0 Å². The summed E-state index contributed by atoms with van der Waals surface area (Å²) in [6, 6.07) is 49.7. The van der Waals surface area contributed by atoms with Crippen LogP contribution in [-0.4, -0.2) is 19.5 Å². The Hall–Kier alpha value is -6.07. The van der Waals surface area contributed by atoms with Gasteiger partial charge in [-0.1, -0.05) is 109 Å². The summed E-state index contributed by atoms with van der Waals surface area (Å²) in [7, 11) is 0. The molecular formula is C39H24N4O. The predicted octanol–water partition coefficient (Wildman–Crippen LogP) is 9.87. The van der Waals surface area contributed by atoms with Gasteiger partial charge in [0.15, 0.2) is 17.5 Å². The number of nitrogens with zero attached hydrogens (tertiary/aromatic N) is 4. The number of aromatic nitrogens is 4. The minimum Gasteiger partial charge on any atom is -0.455 e. The van der Waals surface area contributed by atoms with Gasteiger partial charge in [0.1, 0.15) is 11.2 Å². The third-order valence-electron chi connectivity index (χ3n) is 8.28. The van der Waals surface area contributed by atoms with Gasteiger partial charge < -0.3 is 8.98 Å². The lowest BCUT2D eigenvalue weighted by molar-refractivity contribution is 0.669. The highest BCUT2D eigenvalue weighted by Gasteiger charge is 2.20. The molecule has 0 aliphatic carbocycles. The van der Waals surface area contributed by atoms with E-state index in [1.165, 1.54) is 10.8 Å². The molecule has 3 aromatic heterocycles. The Morgan fingerprint density at radius 3 is 1.73 bits per heavy atom. The standard InChI is InChI=1S/C39H24N4O/c1-2-13-25(14-3-1)37-40-38(42-39(41-37)31-20-12-19-29-28-17-7-11-24-35(28)44-36(29)31)30-18-6-10-23-34(30)43-32-21-8-4-15-26(32)27-16-5-9-22-33(27)43/h1-24H. The first-order valence-corrected chi connectivity index (χ1v) is 14.6. The molecule has 9 rings (SSSR count). The normalized spacial score (nSPS) is 11.6. The van der Waals surface area contributed by atoms with Crippen molar-refractivity contribution >= 4 is 43.7 Å². The molecule has 0 N–H and O–H groups in total. The van der Waals surface area contributed by atoms with Crippen molar-refractivity contribution in [2.45, 2.75) is 0 Å². The Balaban J connectivity index is 1.33. The number of hydrogen-bond donors (Lipinski definition) is 0. The van der Waals surface area contributed by atoms with Gasteiger partial charge >= 0.3 is 0 Å². The number of hydrogen-bond acceptors (Lipinski definition) is 4. The monoisotopic (exact) mass is 564 g/mol. The molecule has 9 aromatic rings. The van der Waals surface area contributed by atoms with Gasteiger partial charge in [0.05, 0.1) is 22.3 Å². The molecule has 0 spiro atoms. The van der Waals surface area contributed by atoms with Crippen LogP contribution in [0.25, 0.3) is 83.6 Å². The molecule has 0 radical (unpaired) electrons. The maximum absolute atomic E-state index is 6.40. The number of benzene rings is 6. The third-order valence-corrected chi connectivity index (χ3v) is 8.28. The Labute approximate surface area is 252 Å². The Bertz CT molecular complexity index is 2460. The molecule has 0 unspecified atom stereocenters. The van der Waals surface area contributed by atoms with Crippen molar-refractivity contribution < 1.29 is 4.42 Å². The highest BCUT2D eigenvalue weighted by atomic mass is 16.3. The molecule has 3 heterocycles. The number of fused-ring (bicyclic) bond motifs is 6. The zero-order valence-corrected chi connectivity index (χ0v) is 23.6. The molecule has 0 fully saturated rings. The minimum absolute atomic E-state index is 0.565. The number of para-hydroxylation sites is 5. The van der Waals surface area contributed by atoms with Crippen molar-refractivity contribution in [1.82, 2.24) is 19.5 Å².